The average Bonchev–Trinajstić information content (AvgIpc) is 3.01. The Balaban J connectivity index is 0.000000177. The van der Waals surface area contributed by atoms with Crippen LogP contribution in [0.1, 0.15) is 21.6 Å². The van der Waals surface area contributed by atoms with Crippen LogP contribution in [0, 0.1) is 19.7 Å². The number of halogens is 1. The third-order valence-corrected chi connectivity index (χ3v) is 4.53. The molecule has 8 heteroatoms. The number of nitrogens with zero attached hydrogens (tertiary/aromatic N) is 3. The quantitative estimate of drug-likeness (QED) is 0.498. The Morgan fingerprint density at radius 1 is 1.20 bits per heavy atom. The molecule has 0 atom stereocenters. The van der Waals surface area contributed by atoms with E-state index in [0.29, 0.717) is 17.1 Å². The minimum atomic E-state index is -1.08. The van der Waals surface area contributed by atoms with Crippen molar-refractivity contribution in [2.75, 3.05) is 13.0 Å². The number of nitrogens with two attached hydrogens (primary N) is 1. The number of benzene rings is 2. The van der Waals surface area contributed by atoms with Crippen molar-refractivity contribution < 1.29 is 19.0 Å². The van der Waals surface area contributed by atoms with Gasteiger partial charge in [-0.3, -0.25) is 4.68 Å². The van der Waals surface area contributed by atoms with Gasteiger partial charge in [-0.2, -0.15) is 0 Å². The van der Waals surface area contributed by atoms with E-state index in [0.717, 1.165) is 22.2 Å². The maximum absolute atomic E-state index is 13.0. The molecule has 0 saturated heterocycles. The Hall–Kier alpha value is -3.94. The van der Waals surface area contributed by atoms with Crippen molar-refractivity contribution in [3.05, 3.63) is 77.5 Å². The molecular formula is C22H21FN4O3. The number of aryl methyl sites for hydroxylation is 2. The fourth-order valence-corrected chi connectivity index (χ4v) is 2.97. The van der Waals surface area contributed by atoms with Crippen LogP contribution in [0.2, 0.25) is 0 Å². The third kappa shape index (κ3) is 4.38. The Morgan fingerprint density at radius 2 is 1.97 bits per heavy atom. The van der Waals surface area contributed by atoms with E-state index in [9.17, 15) is 9.18 Å². The van der Waals surface area contributed by atoms with Crippen LogP contribution in [0.3, 0.4) is 0 Å². The van der Waals surface area contributed by atoms with Gasteiger partial charge in [0.25, 0.3) is 0 Å². The van der Waals surface area contributed by atoms with Crippen LogP contribution < -0.4 is 10.6 Å². The van der Waals surface area contributed by atoms with Gasteiger partial charge in [-0.15, -0.1) is 0 Å². The molecule has 0 aliphatic carbocycles. The summed E-state index contributed by atoms with van der Waals surface area (Å²) in [6.07, 6.45) is 3.13. The van der Waals surface area contributed by atoms with Crippen LogP contribution in [0.15, 0.2) is 54.9 Å². The molecule has 30 heavy (non-hydrogen) atoms. The summed E-state index contributed by atoms with van der Waals surface area (Å²) in [5.74, 6) is 5.46. The van der Waals surface area contributed by atoms with Crippen molar-refractivity contribution >= 4 is 16.9 Å². The number of hydrogen-bond donors (Lipinski definition) is 2. The fraction of sp³-hybridized carbons (Fsp3) is 0.136. The number of ether oxygens (including phenoxy) is 1. The van der Waals surface area contributed by atoms with Gasteiger partial charge in [0.1, 0.15) is 11.6 Å². The number of nitrogen functional groups attached to an aromatic ring is 1. The largest absolute Gasteiger partial charge is 0.497 e. The number of rotatable bonds is 3. The molecule has 0 spiro atoms. The Kier molecular flexibility index (Phi) is 5.96. The lowest BCUT2D eigenvalue weighted by Gasteiger charge is -2.03. The maximum atomic E-state index is 13.0. The molecule has 4 aromatic rings. The number of fused-ring (bicyclic) bond motifs is 1. The highest BCUT2D eigenvalue weighted by Gasteiger charge is 2.11. The van der Waals surface area contributed by atoms with Crippen LogP contribution in [-0.2, 0) is 0 Å². The maximum Gasteiger partial charge on any atom is 0.339 e. The van der Waals surface area contributed by atoms with Gasteiger partial charge < -0.3 is 15.7 Å². The molecule has 0 bridgehead atoms. The molecule has 0 aliphatic heterocycles. The van der Waals surface area contributed by atoms with E-state index in [1.807, 2.05) is 31.3 Å². The predicted molar refractivity (Wildman–Crippen MR) is 112 cm³/mol. The molecule has 2 aromatic heterocycles. The van der Waals surface area contributed by atoms with E-state index in [4.69, 9.17) is 15.7 Å². The summed E-state index contributed by atoms with van der Waals surface area (Å²) >= 11 is 0. The van der Waals surface area contributed by atoms with Crippen molar-refractivity contribution in [3.63, 3.8) is 0 Å². The van der Waals surface area contributed by atoms with Crippen molar-refractivity contribution in [1.29, 1.82) is 0 Å². The van der Waals surface area contributed by atoms with E-state index in [1.165, 1.54) is 18.3 Å². The second-order valence-corrected chi connectivity index (χ2v) is 6.61. The Morgan fingerprint density at radius 3 is 2.60 bits per heavy atom. The normalized spacial score (nSPS) is 10.4. The molecule has 4 rings (SSSR count). The van der Waals surface area contributed by atoms with Gasteiger partial charge in [0.05, 0.1) is 23.9 Å². The number of aromatic carboxylic acids is 1. The zero-order valence-electron chi connectivity index (χ0n) is 16.8. The zero-order valence-corrected chi connectivity index (χ0v) is 16.8. The fourth-order valence-electron chi connectivity index (χ4n) is 2.97. The van der Waals surface area contributed by atoms with E-state index < -0.39 is 5.97 Å². The van der Waals surface area contributed by atoms with Crippen molar-refractivity contribution in [2.45, 2.75) is 13.8 Å². The molecule has 0 amide bonds. The Labute approximate surface area is 172 Å². The van der Waals surface area contributed by atoms with Gasteiger partial charge in [-0.1, -0.05) is 12.1 Å². The first-order valence-electron chi connectivity index (χ1n) is 9.03. The van der Waals surface area contributed by atoms with Gasteiger partial charge in [0.2, 0.25) is 0 Å². The number of carboxylic acids is 1. The lowest BCUT2D eigenvalue weighted by molar-refractivity contribution is 0.0695. The van der Waals surface area contributed by atoms with Crippen LogP contribution in [-0.4, -0.2) is 32.8 Å². The average molecular weight is 408 g/mol. The molecule has 0 saturated carbocycles. The van der Waals surface area contributed by atoms with Crippen LogP contribution in [0.5, 0.6) is 5.75 Å². The first kappa shape index (κ1) is 20.8. The van der Waals surface area contributed by atoms with Crippen molar-refractivity contribution in [3.8, 4) is 17.1 Å². The van der Waals surface area contributed by atoms with Gasteiger partial charge >= 0.3 is 5.97 Å². The summed E-state index contributed by atoms with van der Waals surface area (Å²) in [5, 5.41) is 9.97. The molecule has 0 fully saturated rings. The predicted octanol–water partition coefficient (Wildman–Crippen LogP) is 3.96. The summed E-state index contributed by atoms with van der Waals surface area (Å²) in [7, 11) is 1.66. The van der Waals surface area contributed by atoms with Crippen LogP contribution >= 0.6 is 0 Å². The van der Waals surface area contributed by atoms with Crippen molar-refractivity contribution in [1.82, 2.24) is 14.6 Å². The Bertz CT molecular complexity index is 1220. The summed E-state index contributed by atoms with van der Waals surface area (Å²) in [4.78, 5) is 18.7. The highest BCUT2D eigenvalue weighted by atomic mass is 19.1. The highest BCUT2D eigenvalue weighted by molar-refractivity contribution is 5.88. The summed E-state index contributed by atoms with van der Waals surface area (Å²) in [6.45, 7) is 3.61. The molecule has 2 heterocycles. The molecule has 3 N–H and O–H groups in total. The zero-order chi connectivity index (χ0) is 21.8. The number of hydrogen-bond acceptors (Lipinski definition) is 5. The van der Waals surface area contributed by atoms with Gasteiger partial charge in [0, 0.05) is 23.3 Å². The van der Waals surface area contributed by atoms with E-state index in [2.05, 4.69) is 9.97 Å². The van der Waals surface area contributed by atoms with Crippen molar-refractivity contribution in [2.24, 2.45) is 0 Å². The molecule has 0 aliphatic rings. The molecule has 154 valence electrons. The standard InChI is InChI=1S/C12H9FN2O2.C10H12N2O/c1-7-10(12(16)17)6-14-11(15-7)8-3-2-4-9(13)5-8;1-7-6-12(11)10-4-3-8(13-2)5-9(7)10/h2-6H,1H3,(H,16,17);3-6H,11H2,1-2H3. The van der Waals surface area contributed by atoms with E-state index >= 15 is 0 Å². The first-order chi connectivity index (χ1) is 14.3. The molecule has 7 nitrogen and oxygen atoms in total. The monoisotopic (exact) mass is 408 g/mol. The van der Waals surface area contributed by atoms with Gasteiger partial charge in [0.15, 0.2) is 5.82 Å². The third-order valence-electron chi connectivity index (χ3n) is 4.53. The smallest absolute Gasteiger partial charge is 0.339 e. The molecular weight excluding hydrogens is 387 g/mol. The van der Waals surface area contributed by atoms with Gasteiger partial charge in [-0.05, 0) is 49.7 Å². The van der Waals surface area contributed by atoms with E-state index in [1.54, 1.807) is 30.8 Å². The lowest BCUT2D eigenvalue weighted by atomic mass is 10.2. The minimum absolute atomic E-state index is 0.0464. The van der Waals surface area contributed by atoms with Gasteiger partial charge in [-0.25, -0.2) is 19.2 Å². The summed E-state index contributed by atoms with van der Waals surface area (Å²) < 4.78 is 19.8. The number of carboxylic acid groups (broad SMARTS) is 1. The lowest BCUT2D eigenvalue weighted by Crippen LogP contribution is -2.04. The SMILES string of the molecule is COc1ccc2c(c1)c(C)cn2N.Cc1nc(-c2cccc(F)c2)ncc1C(=O)O. The van der Waals surface area contributed by atoms with E-state index in [-0.39, 0.29) is 11.4 Å². The molecule has 0 radical (unpaired) electrons. The molecule has 0 unspecified atom stereocenters. The molecule has 2 aromatic carbocycles. The topological polar surface area (TPSA) is 103 Å². The summed E-state index contributed by atoms with van der Waals surface area (Å²) in [5.41, 5.74) is 3.11. The van der Waals surface area contributed by atoms with Crippen LogP contribution in [0.4, 0.5) is 4.39 Å². The second kappa shape index (κ2) is 8.60. The minimum Gasteiger partial charge on any atom is -0.497 e. The second-order valence-electron chi connectivity index (χ2n) is 6.61. The number of aromatic nitrogens is 3. The highest BCUT2D eigenvalue weighted by Crippen LogP contribution is 2.23. The number of carbonyl (C=O) groups is 1. The number of methoxy groups -OCH3 is 1. The van der Waals surface area contributed by atoms with Crippen LogP contribution in [0.25, 0.3) is 22.3 Å². The summed E-state index contributed by atoms with van der Waals surface area (Å²) in [6, 6.07) is 11.7. The first-order valence-corrected chi connectivity index (χ1v) is 9.03.